The van der Waals surface area contributed by atoms with Crippen molar-refractivity contribution in [1.29, 1.82) is 0 Å². The fourth-order valence-corrected chi connectivity index (χ4v) is 10.6. The maximum absolute atomic E-state index is 13.4. The SMILES string of the molecule is CN1CCN(c2cc(C(=O)/C=C/c3ccc(C(=O)O)c(O)c3)cc3c2C(C)(C)CCC3(C)C)CC1.CN1CCN(c2cc(C(O)C#Cc3ccc(C(=O)O)c(O)c3)cc3c2C(C)(C)CCC3(C)C)CC1. The van der Waals surface area contributed by atoms with Crippen molar-refractivity contribution in [2.75, 3.05) is 76.3 Å². The second-order valence-electron chi connectivity index (χ2n) is 22.5. The highest BCUT2D eigenvalue weighted by atomic mass is 16.4. The molecule has 2 aliphatic carbocycles. The van der Waals surface area contributed by atoms with Crippen molar-refractivity contribution in [3.05, 3.63) is 122 Å². The van der Waals surface area contributed by atoms with Crippen molar-refractivity contribution in [3.63, 3.8) is 0 Å². The van der Waals surface area contributed by atoms with Crippen LogP contribution in [0.5, 0.6) is 11.5 Å². The highest BCUT2D eigenvalue weighted by molar-refractivity contribution is 6.08. The normalized spacial score (nSPS) is 19.7. The number of carboxylic acid groups (broad SMARTS) is 2. The lowest BCUT2D eigenvalue weighted by molar-refractivity contribution is 0.0682. The minimum atomic E-state index is -1.20. The van der Waals surface area contributed by atoms with E-state index in [0.29, 0.717) is 16.7 Å². The van der Waals surface area contributed by atoms with Crippen LogP contribution in [0.4, 0.5) is 11.4 Å². The van der Waals surface area contributed by atoms with Crippen LogP contribution in [0.1, 0.15) is 157 Å². The number of aliphatic hydroxyl groups excluding tert-OH is 1. The highest BCUT2D eigenvalue weighted by Gasteiger charge is 2.42. The molecular formula is C58H72N4O8. The van der Waals surface area contributed by atoms with Crippen LogP contribution in [0.15, 0.2) is 66.7 Å². The molecule has 12 heteroatoms. The van der Waals surface area contributed by atoms with Gasteiger partial charge >= 0.3 is 11.9 Å². The number of hydrogen-bond acceptors (Lipinski definition) is 10. The van der Waals surface area contributed by atoms with E-state index in [1.165, 1.54) is 70.0 Å². The van der Waals surface area contributed by atoms with Gasteiger partial charge in [-0.3, -0.25) is 4.79 Å². The summed E-state index contributed by atoms with van der Waals surface area (Å²) < 4.78 is 0. The van der Waals surface area contributed by atoms with Crippen LogP contribution in [0.2, 0.25) is 0 Å². The molecule has 4 aromatic carbocycles. The number of carbonyl (C=O) groups excluding carboxylic acids is 1. The van der Waals surface area contributed by atoms with E-state index in [1.54, 1.807) is 12.1 Å². The van der Waals surface area contributed by atoms with Gasteiger partial charge in [-0.25, -0.2) is 9.59 Å². The molecule has 2 fully saturated rings. The number of likely N-dealkylation sites (N-methyl/N-ethyl adjacent to an activating group) is 2. The lowest BCUT2D eigenvalue weighted by Crippen LogP contribution is -2.46. The molecule has 70 heavy (non-hydrogen) atoms. The van der Waals surface area contributed by atoms with Gasteiger partial charge in [0, 0.05) is 74.9 Å². The zero-order chi connectivity index (χ0) is 51.1. The number of fused-ring (bicyclic) bond motifs is 2. The molecule has 4 aliphatic rings. The van der Waals surface area contributed by atoms with Crippen LogP contribution >= 0.6 is 0 Å². The lowest BCUT2D eigenvalue weighted by Gasteiger charge is -2.46. The van der Waals surface area contributed by atoms with Crippen molar-refractivity contribution < 1.29 is 39.9 Å². The number of ketones is 1. The second kappa shape index (κ2) is 19.9. The number of rotatable bonds is 8. The fourth-order valence-electron chi connectivity index (χ4n) is 10.6. The number of carboxylic acids is 2. The van der Waals surface area contributed by atoms with Crippen molar-refractivity contribution in [3.8, 4) is 23.3 Å². The zero-order valence-electron chi connectivity index (χ0n) is 42.7. The van der Waals surface area contributed by atoms with Crippen LogP contribution in [-0.2, 0) is 21.7 Å². The first-order valence-corrected chi connectivity index (χ1v) is 24.6. The van der Waals surface area contributed by atoms with E-state index < -0.39 is 18.0 Å². The average molecular weight is 953 g/mol. The number of benzene rings is 4. The Morgan fingerprint density at radius 1 is 0.586 bits per heavy atom. The van der Waals surface area contributed by atoms with Crippen LogP contribution in [0.3, 0.4) is 0 Å². The van der Waals surface area contributed by atoms with Gasteiger partial charge in [-0.15, -0.1) is 0 Å². The zero-order valence-corrected chi connectivity index (χ0v) is 42.7. The molecule has 12 nitrogen and oxygen atoms in total. The van der Waals surface area contributed by atoms with E-state index in [-0.39, 0.29) is 50.1 Å². The molecule has 0 spiro atoms. The molecular weight excluding hydrogens is 881 g/mol. The monoisotopic (exact) mass is 953 g/mol. The highest BCUT2D eigenvalue weighted by Crippen LogP contribution is 2.52. The summed E-state index contributed by atoms with van der Waals surface area (Å²) in [5, 5.41) is 49.3. The molecule has 372 valence electrons. The number of carbonyl (C=O) groups is 3. The number of aromatic carboxylic acids is 2. The van der Waals surface area contributed by atoms with E-state index in [1.807, 2.05) is 0 Å². The maximum atomic E-state index is 13.4. The number of allylic oxidation sites excluding steroid dienone is 1. The summed E-state index contributed by atoms with van der Waals surface area (Å²) in [7, 11) is 4.29. The van der Waals surface area contributed by atoms with Crippen LogP contribution in [0.25, 0.3) is 6.08 Å². The second-order valence-corrected chi connectivity index (χ2v) is 22.5. The molecule has 1 atom stereocenters. The van der Waals surface area contributed by atoms with Crippen LogP contribution in [-0.4, -0.2) is 120 Å². The minimum absolute atomic E-state index is 0.00616. The molecule has 5 N–H and O–H groups in total. The van der Waals surface area contributed by atoms with Gasteiger partial charge in [-0.2, -0.15) is 0 Å². The minimum Gasteiger partial charge on any atom is -0.507 e. The third-order valence-corrected chi connectivity index (χ3v) is 15.4. The van der Waals surface area contributed by atoms with Gasteiger partial charge in [0.1, 0.15) is 28.7 Å². The van der Waals surface area contributed by atoms with Gasteiger partial charge in [0.2, 0.25) is 0 Å². The van der Waals surface area contributed by atoms with E-state index in [4.69, 9.17) is 10.2 Å². The molecule has 0 bridgehead atoms. The molecule has 0 radical (unpaired) electrons. The number of nitrogens with zero attached hydrogens (tertiary/aromatic N) is 4. The van der Waals surface area contributed by atoms with Gasteiger partial charge in [0.05, 0.1) is 0 Å². The number of hydrogen-bond donors (Lipinski definition) is 5. The summed E-state index contributed by atoms with van der Waals surface area (Å²) in [6.07, 6.45) is 6.49. The molecule has 0 saturated carbocycles. The van der Waals surface area contributed by atoms with Crippen molar-refractivity contribution in [2.24, 2.45) is 0 Å². The Kier molecular flexibility index (Phi) is 14.7. The summed E-state index contributed by atoms with van der Waals surface area (Å²) >= 11 is 0. The van der Waals surface area contributed by atoms with E-state index in [9.17, 15) is 29.7 Å². The Labute approximate surface area is 414 Å². The molecule has 2 heterocycles. The van der Waals surface area contributed by atoms with Crippen molar-refractivity contribution in [2.45, 2.75) is 109 Å². The summed E-state index contributed by atoms with van der Waals surface area (Å²) in [6.45, 7) is 26.1. The number of piperazine rings is 2. The average Bonchev–Trinajstić information content (AvgIpc) is 3.30. The van der Waals surface area contributed by atoms with Gasteiger partial charge in [0.25, 0.3) is 0 Å². The standard InChI is InChI=1S/2C29H36N2O4/c2*1-28(2)10-11-29(3,4)26-22(28)17-20(18-23(26)31-14-12-30(5)13-15-31)24(32)9-7-19-6-8-21(27(34)35)25(33)16-19/h6,8,16-18,24,32-33H,10-15H2,1-5H3,(H,34,35);6-9,16-18,33H,10-15H2,1-5H3,(H,34,35)/b;9-7+. The van der Waals surface area contributed by atoms with E-state index >= 15 is 0 Å². The largest absolute Gasteiger partial charge is 0.507 e. The maximum Gasteiger partial charge on any atom is 0.339 e. The first-order chi connectivity index (χ1) is 32.8. The third kappa shape index (κ3) is 11.1. The Morgan fingerprint density at radius 2 is 1.04 bits per heavy atom. The molecule has 0 amide bonds. The number of aliphatic hydroxyl groups is 1. The molecule has 8 rings (SSSR count). The van der Waals surface area contributed by atoms with Crippen molar-refractivity contribution in [1.82, 2.24) is 9.80 Å². The molecule has 2 aliphatic heterocycles. The van der Waals surface area contributed by atoms with Crippen molar-refractivity contribution >= 4 is 35.2 Å². The third-order valence-electron chi connectivity index (χ3n) is 15.4. The van der Waals surface area contributed by atoms with Gasteiger partial charge < -0.3 is 45.1 Å². The summed E-state index contributed by atoms with van der Waals surface area (Å²) in [4.78, 5) is 45.2. The summed E-state index contributed by atoms with van der Waals surface area (Å²) in [5.41, 5.74) is 9.82. The van der Waals surface area contributed by atoms with Gasteiger partial charge in [-0.05, 0) is 149 Å². The number of phenols is 2. The Balaban J connectivity index is 0.000000206. The van der Waals surface area contributed by atoms with Gasteiger partial charge in [-0.1, -0.05) is 85.4 Å². The van der Waals surface area contributed by atoms with E-state index in [2.05, 4.69) is 125 Å². The van der Waals surface area contributed by atoms with Crippen LogP contribution in [0, 0.1) is 11.8 Å². The van der Waals surface area contributed by atoms with E-state index in [0.717, 1.165) is 83.6 Å². The topological polar surface area (TPSA) is 165 Å². The predicted octanol–water partition coefficient (Wildman–Crippen LogP) is 9.36. The molecule has 4 aromatic rings. The first kappa shape index (κ1) is 51.7. The molecule has 2 saturated heterocycles. The Morgan fingerprint density at radius 3 is 1.53 bits per heavy atom. The Bertz CT molecular complexity index is 2760. The smallest absolute Gasteiger partial charge is 0.339 e. The molecule has 1 unspecified atom stereocenters. The lowest BCUT2D eigenvalue weighted by atomic mass is 9.62. The number of aromatic hydroxyl groups is 2. The number of anilines is 2. The summed E-state index contributed by atoms with van der Waals surface area (Å²) in [6, 6.07) is 16.8. The predicted molar refractivity (Wildman–Crippen MR) is 278 cm³/mol. The first-order valence-electron chi connectivity index (χ1n) is 24.6. The Hall–Kier alpha value is -6.13. The van der Waals surface area contributed by atoms with Gasteiger partial charge in [0.15, 0.2) is 5.78 Å². The quantitative estimate of drug-likeness (QED) is 0.0647. The fraction of sp³-hybridized carbons (Fsp3) is 0.466. The molecule has 0 aromatic heterocycles. The summed E-state index contributed by atoms with van der Waals surface area (Å²) in [5.74, 6) is 2.65. The van der Waals surface area contributed by atoms with Crippen LogP contribution < -0.4 is 9.80 Å².